The number of anilines is 1. The molecule has 1 aromatic rings. The van der Waals surface area contributed by atoms with Crippen LogP contribution in [0.2, 0.25) is 0 Å². The Hall–Kier alpha value is -3.49. The molecule has 1 saturated heterocycles. The van der Waals surface area contributed by atoms with E-state index in [1.165, 1.54) is 12.2 Å². The Morgan fingerprint density at radius 1 is 0.963 bits per heavy atom. The Bertz CT molecular complexity index is 796. The van der Waals surface area contributed by atoms with Crippen molar-refractivity contribution in [2.45, 2.75) is 32.1 Å². The van der Waals surface area contributed by atoms with E-state index in [2.05, 4.69) is 5.43 Å². The highest BCUT2D eigenvalue weighted by atomic mass is 16.7. The van der Waals surface area contributed by atoms with Crippen molar-refractivity contribution in [1.82, 2.24) is 10.1 Å². The van der Waals surface area contributed by atoms with E-state index in [0.29, 0.717) is 23.6 Å². The summed E-state index contributed by atoms with van der Waals surface area (Å²) in [6.45, 7) is 0. The number of amides is 4. The predicted molar refractivity (Wildman–Crippen MR) is 91.2 cm³/mol. The highest BCUT2D eigenvalue weighted by Crippen LogP contribution is 2.16. The molecule has 0 unspecified atom stereocenters. The lowest BCUT2D eigenvalue weighted by Crippen LogP contribution is -2.35. The zero-order chi connectivity index (χ0) is 19.4. The minimum Gasteiger partial charge on any atom is -0.330 e. The molecule has 0 atom stereocenters. The molecule has 0 spiro atoms. The number of carbonyl (C=O) groups is 5. The van der Waals surface area contributed by atoms with Gasteiger partial charge in [-0.25, -0.2) is 4.79 Å². The maximum atomic E-state index is 11.7. The monoisotopic (exact) mass is 371 g/mol. The topological polar surface area (TPSA) is 113 Å². The van der Waals surface area contributed by atoms with Crippen LogP contribution in [-0.4, -0.2) is 39.7 Å². The number of nitrogens with zero attached hydrogens (tertiary/aromatic N) is 2. The van der Waals surface area contributed by atoms with Gasteiger partial charge < -0.3 is 4.84 Å². The van der Waals surface area contributed by atoms with Gasteiger partial charge >= 0.3 is 5.97 Å². The zero-order valence-electron chi connectivity index (χ0n) is 14.3. The van der Waals surface area contributed by atoms with Gasteiger partial charge in [0, 0.05) is 31.4 Å². The number of rotatable bonds is 7. The minimum absolute atomic E-state index is 0.0666. The van der Waals surface area contributed by atoms with Crippen LogP contribution >= 0.6 is 0 Å². The quantitative estimate of drug-likeness (QED) is 0.708. The Balaban J connectivity index is 1.43. The lowest BCUT2D eigenvalue weighted by Gasteiger charge is -2.16. The van der Waals surface area contributed by atoms with Crippen molar-refractivity contribution >= 4 is 35.3 Å². The summed E-state index contributed by atoms with van der Waals surface area (Å²) in [7, 11) is 0. The average Bonchev–Trinajstić information content (AvgIpc) is 3.13. The lowest BCUT2D eigenvalue weighted by molar-refractivity contribution is -0.197. The predicted octanol–water partition coefficient (Wildman–Crippen LogP) is 0.868. The van der Waals surface area contributed by atoms with Crippen LogP contribution in [0.1, 0.15) is 31.2 Å². The van der Waals surface area contributed by atoms with Gasteiger partial charge in [-0.05, 0) is 30.5 Å². The molecule has 1 fully saturated rings. The lowest BCUT2D eigenvalue weighted by atomic mass is 10.1. The summed E-state index contributed by atoms with van der Waals surface area (Å²) in [6, 6.07) is 7.04. The molecule has 9 nitrogen and oxygen atoms in total. The molecule has 4 amide bonds. The number of benzene rings is 1. The van der Waals surface area contributed by atoms with Gasteiger partial charge in [-0.3, -0.25) is 24.6 Å². The zero-order valence-corrected chi connectivity index (χ0v) is 14.3. The normalized spacial score (nSPS) is 16.4. The summed E-state index contributed by atoms with van der Waals surface area (Å²) in [4.78, 5) is 62.3. The molecule has 0 saturated carbocycles. The number of carbonyl (C=O) groups excluding carboxylic acids is 5. The minimum atomic E-state index is -0.629. The third kappa shape index (κ3) is 4.38. The molecule has 140 valence electrons. The van der Waals surface area contributed by atoms with Gasteiger partial charge in [-0.1, -0.05) is 12.1 Å². The van der Waals surface area contributed by atoms with Crippen molar-refractivity contribution in [3.05, 3.63) is 42.0 Å². The molecule has 2 heterocycles. The number of imide groups is 2. The third-order valence-electron chi connectivity index (χ3n) is 4.05. The molecule has 0 radical (unpaired) electrons. The van der Waals surface area contributed by atoms with E-state index in [4.69, 9.17) is 4.84 Å². The van der Waals surface area contributed by atoms with Gasteiger partial charge in [0.2, 0.25) is 0 Å². The molecule has 1 N–H and O–H groups in total. The summed E-state index contributed by atoms with van der Waals surface area (Å²) in [5, 5.41) is 1.45. The standard InChI is InChI=1S/C18H17N3O6/c22-14-8-9-15(23)20(14)19-13-6-4-12(5-7-13)2-1-3-18(26)27-21-16(24)10-11-17(21)25/h4-9,19H,1-3,10-11H2. The van der Waals surface area contributed by atoms with Crippen LogP contribution in [-0.2, 0) is 35.2 Å². The van der Waals surface area contributed by atoms with E-state index >= 15 is 0 Å². The van der Waals surface area contributed by atoms with Crippen LogP contribution in [0, 0.1) is 0 Å². The molecule has 0 aliphatic carbocycles. The highest BCUT2D eigenvalue weighted by molar-refractivity contribution is 6.13. The van der Waals surface area contributed by atoms with Gasteiger partial charge in [-0.2, -0.15) is 5.01 Å². The van der Waals surface area contributed by atoms with Crippen LogP contribution in [0.25, 0.3) is 0 Å². The fourth-order valence-electron chi connectivity index (χ4n) is 2.63. The van der Waals surface area contributed by atoms with Crippen LogP contribution < -0.4 is 5.43 Å². The fourth-order valence-corrected chi connectivity index (χ4v) is 2.63. The van der Waals surface area contributed by atoms with Gasteiger partial charge in [0.15, 0.2) is 0 Å². The van der Waals surface area contributed by atoms with E-state index in [1.807, 2.05) is 0 Å². The first-order valence-corrected chi connectivity index (χ1v) is 8.42. The summed E-state index contributed by atoms with van der Waals surface area (Å²) < 4.78 is 0. The molecular weight excluding hydrogens is 354 g/mol. The summed E-state index contributed by atoms with van der Waals surface area (Å²) >= 11 is 0. The fraction of sp³-hybridized carbons (Fsp3) is 0.278. The smallest absolute Gasteiger partial charge is 0.330 e. The summed E-state index contributed by atoms with van der Waals surface area (Å²) in [6.07, 6.45) is 3.64. The first-order chi connectivity index (χ1) is 12.9. The second-order valence-corrected chi connectivity index (χ2v) is 6.05. The van der Waals surface area contributed by atoms with Crippen molar-refractivity contribution in [1.29, 1.82) is 0 Å². The van der Waals surface area contributed by atoms with Gasteiger partial charge in [0.1, 0.15) is 0 Å². The van der Waals surface area contributed by atoms with E-state index in [1.54, 1.807) is 24.3 Å². The highest BCUT2D eigenvalue weighted by Gasteiger charge is 2.32. The van der Waals surface area contributed by atoms with Gasteiger partial charge in [-0.15, -0.1) is 5.06 Å². The molecule has 9 heteroatoms. The summed E-state index contributed by atoms with van der Waals surface area (Å²) in [5.41, 5.74) is 4.24. The van der Waals surface area contributed by atoms with Crippen molar-refractivity contribution in [3.8, 4) is 0 Å². The Morgan fingerprint density at radius 3 is 2.15 bits per heavy atom. The van der Waals surface area contributed by atoms with Crippen LogP contribution in [0.3, 0.4) is 0 Å². The molecule has 1 aromatic carbocycles. The molecule has 2 aliphatic heterocycles. The van der Waals surface area contributed by atoms with Crippen LogP contribution in [0.15, 0.2) is 36.4 Å². The molecule has 0 bridgehead atoms. The molecule has 3 rings (SSSR count). The Labute approximate surface area is 154 Å². The number of hydrogen-bond donors (Lipinski definition) is 1. The number of aryl methyl sites for hydroxylation is 1. The van der Waals surface area contributed by atoms with Crippen molar-refractivity contribution < 1.29 is 28.8 Å². The largest absolute Gasteiger partial charge is 0.333 e. The van der Waals surface area contributed by atoms with Crippen molar-refractivity contribution in [3.63, 3.8) is 0 Å². The SMILES string of the molecule is O=C(CCCc1ccc(NN2C(=O)C=CC2=O)cc1)ON1C(=O)CCC1=O. The number of nitrogens with one attached hydrogen (secondary N) is 1. The van der Waals surface area contributed by atoms with Crippen LogP contribution in [0.5, 0.6) is 0 Å². The third-order valence-corrected chi connectivity index (χ3v) is 4.05. The number of hydroxylamine groups is 2. The van der Waals surface area contributed by atoms with E-state index in [9.17, 15) is 24.0 Å². The average molecular weight is 371 g/mol. The molecule has 2 aliphatic rings. The van der Waals surface area contributed by atoms with Crippen molar-refractivity contribution in [2.24, 2.45) is 0 Å². The maximum Gasteiger partial charge on any atom is 0.333 e. The first-order valence-electron chi connectivity index (χ1n) is 8.42. The number of hydrazine groups is 1. The molecule has 27 heavy (non-hydrogen) atoms. The van der Waals surface area contributed by atoms with Gasteiger partial charge in [0.05, 0.1) is 5.69 Å². The molecular formula is C18H17N3O6. The molecule has 0 aromatic heterocycles. The van der Waals surface area contributed by atoms with E-state index < -0.39 is 29.6 Å². The maximum absolute atomic E-state index is 11.7. The van der Waals surface area contributed by atoms with E-state index in [-0.39, 0.29) is 19.3 Å². The van der Waals surface area contributed by atoms with Gasteiger partial charge in [0.25, 0.3) is 23.6 Å². The van der Waals surface area contributed by atoms with Crippen LogP contribution in [0.4, 0.5) is 5.69 Å². The second kappa shape index (κ2) is 7.81. The summed E-state index contributed by atoms with van der Waals surface area (Å²) in [5.74, 6) is -2.49. The van der Waals surface area contributed by atoms with E-state index in [0.717, 1.165) is 10.6 Å². The Morgan fingerprint density at radius 2 is 1.56 bits per heavy atom. The van der Waals surface area contributed by atoms with Crippen molar-refractivity contribution in [2.75, 3.05) is 5.43 Å². The second-order valence-electron chi connectivity index (χ2n) is 6.05. The first kappa shape index (κ1) is 18.3. The number of hydrogen-bond acceptors (Lipinski definition) is 7. The Kier molecular flexibility index (Phi) is 5.30.